The fraction of sp³-hybridized carbons (Fsp3) is 0.105. The molecule has 1 amide bonds. The number of furan rings is 1. The van der Waals surface area contributed by atoms with Gasteiger partial charge in [-0.3, -0.25) is 4.79 Å². The van der Waals surface area contributed by atoms with E-state index in [0.29, 0.717) is 22.8 Å². The number of hydrogen-bond acceptors (Lipinski definition) is 3. The van der Waals surface area contributed by atoms with E-state index in [0.717, 1.165) is 0 Å². The van der Waals surface area contributed by atoms with Gasteiger partial charge in [0.1, 0.15) is 17.3 Å². The minimum atomic E-state index is -0.220. The van der Waals surface area contributed by atoms with Gasteiger partial charge in [0.2, 0.25) is 0 Å². The first-order valence-electron chi connectivity index (χ1n) is 7.40. The fourth-order valence-corrected chi connectivity index (χ4v) is 2.24. The summed E-state index contributed by atoms with van der Waals surface area (Å²) in [5.74, 6) is 1.70. The topological polar surface area (TPSA) is 51.5 Å². The minimum absolute atomic E-state index is 0.208. The smallest absolute Gasteiger partial charge is 0.255 e. The predicted octanol–water partition coefficient (Wildman–Crippen LogP) is 4.56. The summed E-state index contributed by atoms with van der Waals surface area (Å²) >= 11 is 0. The first-order chi connectivity index (χ1) is 11.2. The lowest BCUT2D eigenvalue weighted by molar-refractivity contribution is 0.0933. The maximum absolute atomic E-state index is 12.5. The van der Waals surface area contributed by atoms with Gasteiger partial charge in [0, 0.05) is 0 Å². The lowest BCUT2D eigenvalue weighted by Gasteiger charge is -2.14. The van der Waals surface area contributed by atoms with Crippen LogP contribution in [-0.4, -0.2) is 5.91 Å². The zero-order chi connectivity index (χ0) is 16.1. The second-order valence-electron chi connectivity index (χ2n) is 5.12. The Morgan fingerprint density at radius 2 is 1.74 bits per heavy atom. The van der Waals surface area contributed by atoms with E-state index in [-0.39, 0.29) is 11.9 Å². The summed E-state index contributed by atoms with van der Waals surface area (Å²) in [6, 6.07) is 20.0. The molecule has 2 aromatic carbocycles. The highest BCUT2D eigenvalue weighted by Crippen LogP contribution is 2.25. The van der Waals surface area contributed by atoms with Crippen molar-refractivity contribution in [2.45, 2.75) is 13.0 Å². The van der Waals surface area contributed by atoms with Gasteiger partial charge in [-0.25, -0.2) is 0 Å². The van der Waals surface area contributed by atoms with Crippen LogP contribution < -0.4 is 10.1 Å². The van der Waals surface area contributed by atoms with Crippen molar-refractivity contribution in [3.8, 4) is 11.5 Å². The molecule has 0 spiro atoms. The Morgan fingerprint density at radius 3 is 2.48 bits per heavy atom. The average Bonchev–Trinajstić information content (AvgIpc) is 3.11. The van der Waals surface area contributed by atoms with Gasteiger partial charge in [0.15, 0.2) is 0 Å². The summed E-state index contributed by atoms with van der Waals surface area (Å²) < 4.78 is 11.1. The highest BCUT2D eigenvalue weighted by Gasteiger charge is 2.17. The van der Waals surface area contributed by atoms with Crippen LogP contribution in [0.5, 0.6) is 11.5 Å². The van der Waals surface area contributed by atoms with Gasteiger partial charge >= 0.3 is 0 Å². The second-order valence-corrected chi connectivity index (χ2v) is 5.12. The van der Waals surface area contributed by atoms with Gasteiger partial charge in [-0.15, -0.1) is 0 Å². The summed E-state index contributed by atoms with van der Waals surface area (Å²) in [6.45, 7) is 1.87. The largest absolute Gasteiger partial charge is 0.467 e. The van der Waals surface area contributed by atoms with E-state index in [1.807, 2.05) is 55.5 Å². The van der Waals surface area contributed by atoms with Crippen LogP contribution in [0.2, 0.25) is 0 Å². The SMILES string of the molecule is CC(NC(=O)c1ccccc1Oc1ccccc1)c1ccco1. The molecule has 0 aliphatic carbocycles. The van der Waals surface area contributed by atoms with Crippen LogP contribution in [0.1, 0.15) is 29.1 Å². The molecule has 0 aliphatic heterocycles. The maximum Gasteiger partial charge on any atom is 0.255 e. The number of benzene rings is 2. The highest BCUT2D eigenvalue weighted by molar-refractivity contribution is 5.97. The Kier molecular flexibility index (Phi) is 4.43. The van der Waals surface area contributed by atoms with Gasteiger partial charge in [-0.2, -0.15) is 0 Å². The number of carbonyl (C=O) groups is 1. The van der Waals surface area contributed by atoms with Crippen molar-refractivity contribution >= 4 is 5.91 Å². The van der Waals surface area contributed by atoms with Gasteiger partial charge < -0.3 is 14.5 Å². The molecule has 1 aromatic heterocycles. The van der Waals surface area contributed by atoms with Crippen molar-refractivity contribution in [3.63, 3.8) is 0 Å². The lowest BCUT2D eigenvalue weighted by atomic mass is 10.1. The van der Waals surface area contributed by atoms with Gasteiger partial charge in [0.05, 0.1) is 17.9 Å². The Balaban J connectivity index is 1.78. The van der Waals surface area contributed by atoms with Crippen molar-refractivity contribution in [1.82, 2.24) is 5.32 Å². The van der Waals surface area contributed by atoms with Gasteiger partial charge in [-0.05, 0) is 43.3 Å². The average molecular weight is 307 g/mol. The third kappa shape index (κ3) is 3.61. The van der Waals surface area contributed by atoms with Gasteiger partial charge in [0.25, 0.3) is 5.91 Å². The van der Waals surface area contributed by atoms with E-state index < -0.39 is 0 Å². The molecule has 1 N–H and O–H groups in total. The molecule has 1 unspecified atom stereocenters. The molecule has 3 rings (SSSR count). The van der Waals surface area contributed by atoms with Crippen LogP contribution >= 0.6 is 0 Å². The number of carbonyl (C=O) groups excluding carboxylic acids is 1. The molecule has 1 atom stereocenters. The lowest BCUT2D eigenvalue weighted by Crippen LogP contribution is -2.26. The maximum atomic E-state index is 12.5. The Bertz CT molecular complexity index is 766. The fourth-order valence-electron chi connectivity index (χ4n) is 2.24. The third-order valence-corrected chi connectivity index (χ3v) is 3.42. The molecule has 0 fully saturated rings. The van der Waals surface area contributed by atoms with Crippen molar-refractivity contribution in [3.05, 3.63) is 84.3 Å². The van der Waals surface area contributed by atoms with E-state index in [2.05, 4.69) is 5.32 Å². The number of ether oxygens (including phenoxy) is 1. The van der Waals surface area contributed by atoms with Crippen molar-refractivity contribution in [2.75, 3.05) is 0 Å². The van der Waals surface area contributed by atoms with Crippen LogP contribution in [-0.2, 0) is 0 Å². The predicted molar refractivity (Wildman–Crippen MR) is 87.5 cm³/mol. The van der Waals surface area contributed by atoms with E-state index >= 15 is 0 Å². The molecule has 0 aliphatic rings. The van der Waals surface area contributed by atoms with E-state index in [9.17, 15) is 4.79 Å². The van der Waals surface area contributed by atoms with Crippen molar-refractivity contribution in [1.29, 1.82) is 0 Å². The normalized spacial score (nSPS) is 11.7. The molecule has 116 valence electrons. The molecule has 3 aromatic rings. The first kappa shape index (κ1) is 14.9. The zero-order valence-corrected chi connectivity index (χ0v) is 12.7. The number of rotatable bonds is 5. The number of amides is 1. The third-order valence-electron chi connectivity index (χ3n) is 3.42. The Hall–Kier alpha value is -3.01. The van der Waals surface area contributed by atoms with Crippen LogP contribution in [0.4, 0.5) is 0 Å². The van der Waals surface area contributed by atoms with Crippen LogP contribution in [0.15, 0.2) is 77.4 Å². The monoisotopic (exact) mass is 307 g/mol. The van der Waals surface area contributed by atoms with Crippen molar-refractivity contribution in [2.24, 2.45) is 0 Å². The Labute approximate surface area is 134 Å². The quantitative estimate of drug-likeness (QED) is 0.751. The zero-order valence-electron chi connectivity index (χ0n) is 12.7. The summed E-state index contributed by atoms with van der Waals surface area (Å²) in [7, 11) is 0. The minimum Gasteiger partial charge on any atom is -0.467 e. The first-order valence-corrected chi connectivity index (χ1v) is 7.40. The highest BCUT2D eigenvalue weighted by atomic mass is 16.5. The molecule has 23 heavy (non-hydrogen) atoms. The van der Waals surface area contributed by atoms with E-state index in [1.165, 1.54) is 0 Å². The van der Waals surface area contributed by atoms with Crippen LogP contribution in [0.25, 0.3) is 0 Å². The number of para-hydroxylation sites is 2. The molecule has 0 saturated carbocycles. The molecule has 4 heteroatoms. The second kappa shape index (κ2) is 6.83. The molecule has 1 heterocycles. The molecule has 0 saturated heterocycles. The number of nitrogens with one attached hydrogen (secondary N) is 1. The summed E-state index contributed by atoms with van der Waals surface area (Å²) in [4.78, 5) is 12.5. The van der Waals surface area contributed by atoms with Gasteiger partial charge in [-0.1, -0.05) is 30.3 Å². The van der Waals surface area contributed by atoms with Crippen LogP contribution in [0, 0.1) is 0 Å². The molecule has 4 nitrogen and oxygen atoms in total. The molecular weight excluding hydrogens is 290 g/mol. The molecule has 0 radical (unpaired) electrons. The van der Waals surface area contributed by atoms with Crippen LogP contribution in [0.3, 0.4) is 0 Å². The van der Waals surface area contributed by atoms with Crippen molar-refractivity contribution < 1.29 is 13.9 Å². The van der Waals surface area contributed by atoms with E-state index in [4.69, 9.17) is 9.15 Å². The summed E-state index contributed by atoms with van der Waals surface area (Å²) in [6.07, 6.45) is 1.59. The number of hydrogen-bond donors (Lipinski definition) is 1. The summed E-state index contributed by atoms with van der Waals surface area (Å²) in [5.41, 5.74) is 0.481. The molecule has 0 bridgehead atoms. The van der Waals surface area contributed by atoms with E-state index in [1.54, 1.807) is 24.5 Å². The summed E-state index contributed by atoms with van der Waals surface area (Å²) in [5, 5.41) is 2.91. The standard InChI is InChI=1S/C19H17NO3/c1-14(17-12-7-13-22-17)20-19(21)16-10-5-6-11-18(16)23-15-8-3-2-4-9-15/h2-14H,1H3,(H,20,21). The molecular formula is C19H17NO3. The Morgan fingerprint density at radius 1 is 1.00 bits per heavy atom.